The minimum Gasteiger partial charge on any atom is -0.493 e. The highest BCUT2D eigenvalue weighted by Gasteiger charge is 2.03. The van der Waals surface area contributed by atoms with Crippen LogP contribution in [0.2, 0.25) is 0 Å². The highest BCUT2D eigenvalue weighted by atomic mass is 32.2. The van der Waals surface area contributed by atoms with Gasteiger partial charge in [0.25, 0.3) is 0 Å². The molecule has 1 atom stereocenters. The van der Waals surface area contributed by atoms with E-state index in [0.29, 0.717) is 12.4 Å². The number of aromatic carboxylic acids is 1. The molecule has 0 saturated heterocycles. The van der Waals surface area contributed by atoms with Crippen LogP contribution in [-0.4, -0.2) is 35.2 Å². The fourth-order valence-electron chi connectivity index (χ4n) is 1.21. The van der Waals surface area contributed by atoms with Crippen LogP contribution >= 0.6 is 11.8 Å². The van der Waals surface area contributed by atoms with Gasteiger partial charge in [0.2, 0.25) is 0 Å². The van der Waals surface area contributed by atoms with Crippen LogP contribution in [-0.2, 0) is 0 Å². The van der Waals surface area contributed by atoms with E-state index in [1.165, 1.54) is 6.07 Å². The molecule has 3 N–H and O–H groups in total. The van der Waals surface area contributed by atoms with E-state index in [-0.39, 0.29) is 11.6 Å². The summed E-state index contributed by atoms with van der Waals surface area (Å²) in [5, 5.41) is 8.81. The van der Waals surface area contributed by atoms with Crippen molar-refractivity contribution in [3.8, 4) is 5.75 Å². The fourth-order valence-corrected chi connectivity index (χ4v) is 1.95. The van der Waals surface area contributed by atoms with E-state index in [1.54, 1.807) is 30.0 Å². The Kier molecular flexibility index (Phi) is 5.86. The summed E-state index contributed by atoms with van der Waals surface area (Å²) < 4.78 is 5.45. The molecule has 94 valence electrons. The third-order valence-electron chi connectivity index (χ3n) is 1.96. The highest BCUT2D eigenvalue weighted by Crippen LogP contribution is 2.13. The van der Waals surface area contributed by atoms with Crippen molar-refractivity contribution < 1.29 is 14.6 Å². The maximum Gasteiger partial charge on any atom is 0.335 e. The molecule has 0 bridgehead atoms. The second-order valence-electron chi connectivity index (χ2n) is 3.73. The molecule has 17 heavy (non-hydrogen) atoms. The first-order chi connectivity index (χ1) is 8.09. The average Bonchev–Trinajstić information content (AvgIpc) is 2.28. The number of thioether (sulfide) groups is 1. The normalized spacial score (nSPS) is 12.1. The molecule has 0 aliphatic rings. The van der Waals surface area contributed by atoms with Crippen LogP contribution < -0.4 is 10.5 Å². The first-order valence-corrected chi connectivity index (χ1v) is 6.54. The molecule has 1 rings (SSSR count). The molecule has 0 fully saturated rings. The summed E-state index contributed by atoms with van der Waals surface area (Å²) in [5.41, 5.74) is 5.85. The molecule has 1 unspecified atom stereocenters. The lowest BCUT2D eigenvalue weighted by atomic mass is 10.2. The SMILES string of the molecule is CC(N)CSCCOc1cccc(C(=O)O)c1. The predicted octanol–water partition coefficient (Wildman–Crippen LogP) is 1.84. The predicted molar refractivity (Wildman–Crippen MR) is 69.9 cm³/mol. The molecule has 1 aromatic rings. The van der Waals surface area contributed by atoms with E-state index >= 15 is 0 Å². The Balaban J connectivity index is 2.31. The van der Waals surface area contributed by atoms with Crippen LogP contribution in [0.5, 0.6) is 5.75 Å². The second-order valence-corrected chi connectivity index (χ2v) is 4.88. The second kappa shape index (κ2) is 7.19. The first kappa shape index (κ1) is 13.9. The zero-order valence-electron chi connectivity index (χ0n) is 9.76. The Morgan fingerprint density at radius 2 is 2.35 bits per heavy atom. The van der Waals surface area contributed by atoms with E-state index in [0.717, 1.165) is 11.5 Å². The van der Waals surface area contributed by atoms with E-state index in [9.17, 15) is 4.79 Å². The van der Waals surface area contributed by atoms with Crippen molar-refractivity contribution >= 4 is 17.7 Å². The summed E-state index contributed by atoms with van der Waals surface area (Å²) in [6, 6.07) is 6.69. The van der Waals surface area contributed by atoms with Crippen molar-refractivity contribution in [3.63, 3.8) is 0 Å². The molecule has 0 heterocycles. The van der Waals surface area contributed by atoms with Crippen molar-refractivity contribution in [3.05, 3.63) is 29.8 Å². The lowest BCUT2D eigenvalue weighted by molar-refractivity contribution is 0.0696. The van der Waals surface area contributed by atoms with Crippen molar-refractivity contribution in [2.24, 2.45) is 5.73 Å². The Bertz CT molecular complexity index is 369. The summed E-state index contributed by atoms with van der Waals surface area (Å²) in [6.07, 6.45) is 0. The topological polar surface area (TPSA) is 72.5 Å². The summed E-state index contributed by atoms with van der Waals surface area (Å²) in [5.74, 6) is 1.39. The van der Waals surface area contributed by atoms with Gasteiger partial charge in [-0.05, 0) is 25.1 Å². The first-order valence-electron chi connectivity index (χ1n) is 5.39. The van der Waals surface area contributed by atoms with Crippen LogP contribution in [0.3, 0.4) is 0 Å². The van der Waals surface area contributed by atoms with Gasteiger partial charge in [0, 0.05) is 17.5 Å². The van der Waals surface area contributed by atoms with Crippen LogP contribution in [0.25, 0.3) is 0 Å². The number of ether oxygens (including phenoxy) is 1. The van der Waals surface area contributed by atoms with Gasteiger partial charge < -0.3 is 15.6 Å². The van der Waals surface area contributed by atoms with E-state index in [1.807, 2.05) is 6.92 Å². The van der Waals surface area contributed by atoms with Gasteiger partial charge in [-0.3, -0.25) is 0 Å². The molecular formula is C12H17NO3S. The molecule has 0 amide bonds. The molecule has 1 aromatic carbocycles. The third-order valence-corrected chi connectivity index (χ3v) is 3.17. The number of carboxylic acid groups (broad SMARTS) is 1. The molecular weight excluding hydrogens is 238 g/mol. The van der Waals surface area contributed by atoms with E-state index in [2.05, 4.69) is 0 Å². The maximum atomic E-state index is 10.7. The monoisotopic (exact) mass is 255 g/mol. The zero-order chi connectivity index (χ0) is 12.7. The zero-order valence-corrected chi connectivity index (χ0v) is 10.6. The minimum atomic E-state index is -0.943. The molecule has 5 heteroatoms. The number of nitrogens with two attached hydrogens (primary N) is 1. The van der Waals surface area contributed by atoms with Gasteiger partial charge in [0.05, 0.1) is 12.2 Å². The lowest BCUT2D eigenvalue weighted by Crippen LogP contribution is -2.18. The van der Waals surface area contributed by atoms with Gasteiger partial charge in [0.1, 0.15) is 5.75 Å². The van der Waals surface area contributed by atoms with Crippen molar-refractivity contribution in [2.45, 2.75) is 13.0 Å². The average molecular weight is 255 g/mol. The van der Waals surface area contributed by atoms with Gasteiger partial charge in [-0.1, -0.05) is 6.07 Å². The van der Waals surface area contributed by atoms with Gasteiger partial charge in [0.15, 0.2) is 0 Å². The summed E-state index contributed by atoms with van der Waals surface area (Å²) in [6.45, 7) is 2.52. The Hall–Kier alpha value is -1.20. The molecule has 0 aliphatic carbocycles. The molecule has 0 saturated carbocycles. The Morgan fingerprint density at radius 1 is 1.59 bits per heavy atom. The van der Waals surface area contributed by atoms with Crippen LogP contribution in [0, 0.1) is 0 Å². The number of rotatable bonds is 7. The van der Waals surface area contributed by atoms with E-state index < -0.39 is 5.97 Å². The summed E-state index contributed by atoms with van der Waals surface area (Å²) in [7, 11) is 0. The summed E-state index contributed by atoms with van der Waals surface area (Å²) >= 11 is 1.72. The van der Waals surface area contributed by atoms with Gasteiger partial charge in [-0.15, -0.1) is 0 Å². The van der Waals surface area contributed by atoms with E-state index in [4.69, 9.17) is 15.6 Å². The van der Waals surface area contributed by atoms with Crippen LogP contribution in [0.15, 0.2) is 24.3 Å². The highest BCUT2D eigenvalue weighted by molar-refractivity contribution is 7.99. The maximum absolute atomic E-state index is 10.7. The quantitative estimate of drug-likeness (QED) is 0.727. The summed E-state index contributed by atoms with van der Waals surface area (Å²) in [4.78, 5) is 10.7. The minimum absolute atomic E-state index is 0.190. The molecule has 0 aromatic heterocycles. The van der Waals surface area contributed by atoms with Gasteiger partial charge in [-0.25, -0.2) is 4.79 Å². The van der Waals surface area contributed by atoms with Crippen molar-refractivity contribution in [2.75, 3.05) is 18.1 Å². The molecule has 0 aliphatic heterocycles. The van der Waals surface area contributed by atoms with Crippen molar-refractivity contribution in [1.29, 1.82) is 0 Å². The fraction of sp³-hybridized carbons (Fsp3) is 0.417. The van der Waals surface area contributed by atoms with Gasteiger partial charge in [-0.2, -0.15) is 11.8 Å². The third kappa shape index (κ3) is 5.60. The van der Waals surface area contributed by atoms with Crippen LogP contribution in [0.4, 0.5) is 0 Å². The standard InChI is InChI=1S/C12H17NO3S/c1-9(13)8-17-6-5-16-11-4-2-3-10(7-11)12(14)15/h2-4,7,9H,5-6,8,13H2,1H3,(H,14,15). The Morgan fingerprint density at radius 3 is 3.00 bits per heavy atom. The Labute approximate surface area is 105 Å². The van der Waals surface area contributed by atoms with Gasteiger partial charge >= 0.3 is 5.97 Å². The van der Waals surface area contributed by atoms with Crippen molar-refractivity contribution in [1.82, 2.24) is 0 Å². The number of hydrogen-bond donors (Lipinski definition) is 2. The number of hydrogen-bond acceptors (Lipinski definition) is 4. The number of carbonyl (C=O) groups is 1. The molecule has 0 spiro atoms. The smallest absolute Gasteiger partial charge is 0.335 e. The van der Waals surface area contributed by atoms with Crippen LogP contribution in [0.1, 0.15) is 17.3 Å². The number of carboxylic acids is 1. The largest absolute Gasteiger partial charge is 0.493 e. The number of benzene rings is 1. The lowest BCUT2D eigenvalue weighted by Gasteiger charge is -2.07. The molecule has 4 nitrogen and oxygen atoms in total. The molecule has 0 radical (unpaired) electrons.